The van der Waals surface area contributed by atoms with E-state index in [0.29, 0.717) is 0 Å². The van der Waals surface area contributed by atoms with Gasteiger partial charge in [-0.2, -0.15) is 0 Å². The topological polar surface area (TPSA) is 50.9 Å². The van der Waals surface area contributed by atoms with Crippen molar-refractivity contribution in [2.75, 3.05) is 18.4 Å². The maximum atomic E-state index is 5.43. The molecule has 0 unspecified atom stereocenters. The van der Waals surface area contributed by atoms with Gasteiger partial charge in [-0.3, -0.25) is 4.98 Å². The highest BCUT2D eigenvalue weighted by molar-refractivity contribution is 5.44. The number of aromatic nitrogens is 1. The lowest BCUT2D eigenvalue weighted by Gasteiger charge is -2.06. The lowest BCUT2D eigenvalue weighted by molar-refractivity contribution is 0.873. The van der Waals surface area contributed by atoms with Gasteiger partial charge in [0.1, 0.15) is 0 Å². The van der Waals surface area contributed by atoms with Gasteiger partial charge < -0.3 is 11.1 Å². The van der Waals surface area contributed by atoms with Gasteiger partial charge in [0.05, 0.1) is 0 Å². The van der Waals surface area contributed by atoms with Crippen molar-refractivity contribution in [3.05, 3.63) is 24.0 Å². The first kappa shape index (κ1) is 9.46. The van der Waals surface area contributed by atoms with Crippen LogP contribution in [0.25, 0.3) is 0 Å². The molecule has 0 aromatic carbocycles. The third-order valence-corrected chi connectivity index (χ3v) is 2.49. The molecule has 2 rings (SSSR count). The average molecular weight is 191 g/mol. The van der Waals surface area contributed by atoms with Gasteiger partial charge in [-0.25, -0.2) is 0 Å². The van der Waals surface area contributed by atoms with Crippen LogP contribution in [-0.2, 0) is 0 Å². The second kappa shape index (κ2) is 4.42. The van der Waals surface area contributed by atoms with Crippen LogP contribution < -0.4 is 11.1 Å². The Bertz CT molecular complexity index is 294. The predicted octanol–water partition coefficient (Wildman–Crippen LogP) is 1.72. The zero-order chi connectivity index (χ0) is 9.80. The number of nitrogens with two attached hydrogens (primary N) is 1. The number of anilines is 1. The molecule has 0 aliphatic heterocycles. The van der Waals surface area contributed by atoms with Crippen LogP contribution in [0.2, 0.25) is 0 Å². The molecule has 1 aliphatic carbocycles. The molecule has 3 nitrogen and oxygen atoms in total. The number of hydrogen-bond acceptors (Lipinski definition) is 3. The van der Waals surface area contributed by atoms with Crippen LogP contribution in [-0.4, -0.2) is 18.1 Å². The van der Waals surface area contributed by atoms with Gasteiger partial charge in [-0.1, -0.05) is 0 Å². The Hall–Kier alpha value is -1.09. The summed E-state index contributed by atoms with van der Waals surface area (Å²) in [5.74, 6) is 0.728. The third-order valence-electron chi connectivity index (χ3n) is 2.49. The lowest BCUT2D eigenvalue weighted by atomic mass is 10.2. The summed E-state index contributed by atoms with van der Waals surface area (Å²) in [6, 6.07) is 4.18. The van der Waals surface area contributed by atoms with Crippen molar-refractivity contribution < 1.29 is 0 Å². The monoisotopic (exact) mass is 191 g/mol. The number of rotatable bonds is 5. The minimum absolute atomic E-state index is 0.728. The molecule has 1 saturated carbocycles. The molecule has 3 heteroatoms. The first-order valence-corrected chi connectivity index (χ1v) is 5.30. The average Bonchev–Trinajstić information content (AvgIpc) is 3.02. The van der Waals surface area contributed by atoms with Crippen LogP contribution in [0.4, 0.5) is 5.69 Å². The Labute approximate surface area is 84.7 Å². The van der Waals surface area contributed by atoms with Crippen molar-refractivity contribution in [1.29, 1.82) is 0 Å². The Kier molecular flexibility index (Phi) is 2.99. The van der Waals surface area contributed by atoms with Gasteiger partial charge in [-0.15, -0.1) is 0 Å². The Balaban J connectivity index is 1.92. The summed E-state index contributed by atoms with van der Waals surface area (Å²) >= 11 is 0. The fourth-order valence-electron chi connectivity index (χ4n) is 1.50. The zero-order valence-corrected chi connectivity index (χ0v) is 8.37. The lowest BCUT2D eigenvalue weighted by Crippen LogP contribution is -2.08. The quantitative estimate of drug-likeness (QED) is 0.697. The summed E-state index contributed by atoms with van der Waals surface area (Å²) in [4.78, 5) is 4.36. The highest BCUT2D eigenvalue weighted by Crippen LogP contribution is 2.39. The zero-order valence-electron chi connectivity index (χ0n) is 8.37. The molecule has 0 atom stereocenters. The molecular formula is C11H17N3. The Morgan fingerprint density at radius 3 is 3.07 bits per heavy atom. The Morgan fingerprint density at radius 2 is 2.36 bits per heavy atom. The van der Waals surface area contributed by atoms with Crippen molar-refractivity contribution in [3.8, 4) is 0 Å². The van der Waals surface area contributed by atoms with E-state index in [9.17, 15) is 0 Å². The van der Waals surface area contributed by atoms with Crippen molar-refractivity contribution in [3.63, 3.8) is 0 Å². The van der Waals surface area contributed by atoms with Gasteiger partial charge in [0.25, 0.3) is 0 Å². The van der Waals surface area contributed by atoms with E-state index in [0.717, 1.165) is 25.4 Å². The molecule has 0 amide bonds. The molecule has 1 aromatic rings. The van der Waals surface area contributed by atoms with E-state index in [1.165, 1.54) is 24.2 Å². The van der Waals surface area contributed by atoms with E-state index in [4.69, 9.17) is 5.73 Å². The van der Waals surface area contributed by atoms with Crippen LogP contribution in [0.15, 0.2) is 18.3 Å². The normalized spacial score (nSPS) is 15.5. The molecule has 1 aromatic heterocycles. The molecule has 0 radical (unpaired) electrons. The molecule has 0 saturated heterocycles. The second-order valence-corrected chi connectivity index (χ2v) is 3.81. The fourth-order valence-corrected chi connectivity index (χ4v) is 1.50. The number of nitrogens with zero attached hydrogens (tertiary/aromatic N) is 1. The molecule has 1 fully saturated rings. The summed E-state index contributed by atoms with van der Waals surface area (Å²) in [5, 5.41) is 3.35. The highest BCUT2D eigenvalue weighted by Gasteiger charge is 2.24. The van der Waals surface area contributed by atoms with Crippen molar-refractivity contribution in [2.24, 2.45) is 5.73 Å². The van der Waals surface area contributed by atoms with Gasteiger partial charge >= 0.3 is 0 Å². The summed E-state index contributed by atoms with van der Waals surface area (Å²) < 4.78 is 0. The first-order chi connectivity index (χ1) is 6.90. The summed E-state index contributed by atoms with van der Waals surface area (Å²) in [5.41, 5.74) is 7.84. The third kappa shape index (κ3) is 2.45. The first-order valence-electron chi connectivity index (χ1n) is 5.30. The van der Waals surface area contributed by atoms with E-state index in [-0.39, 0.29) is 0 Å². The number of nitrogens with one attached hydrogen (secondary N) is 1. The fraction of sp³-hybridized carbons (Fsp3) is 0.545. The maximum Gasteiger partial charge on any atom is 0.0455 e. The number of hydrogen-bond donors (Lipinski definition) is 2. The number of pyridine rings is 1. The van der Waals surface area contributed by atoms with Crippen molar-refractivity contribution in [1.82, 2.24) is 4.98 Å². The van der Waals surface area contributed by atoms with Crippen LogP contribution in [0.1, 0.15) is 30.9 Å². The summed E-state index contributed by atoms with van der Waals surface area (Å²) in [6.07, 6.45) is 5.51. The molecule has 14 heavy (non-hydrogen) atoms. The minimum atomic E-state index is 0.728. The van der Waals surface area contributed by atoms with E-state index in [2.05, 4.69) is 16.4 Å². The smallest absolute Gasteiger partial charge is 0.0455 e. The van der Waals surface area contributed by atoms with Crippen LogP contribution in [0, 0.1) is 0 Å². The summed E-state index contributed by atoms with van der Waals surface area (Å²) in [7, 11) is 0. The van der Waals surface area contributed by atoms with E-state index in [1.807, 2.05) is 12.3 Å². The SMILES string of the molecule is NCCCNc1ccnc(C2CC2)c1. The molecule has 1 heterocycles. The van der Waals surface area contributed by atoms with Crippen molar-refractivity contribution >= 4 is 5.69 Å². The minimum Gasteiger partial charge on any atom is -0.385 e. The van der Waals surface area contributed by atoms with Crippen molar-refractivity contribution in [2.45, 2.75) is 25.2 Å². The molecule has 0 spiro atoms. The molecule has 76 valence electrons. The Morgan fingerprint density at radius 1 is 1.50 bits per heavy atom. The largest absolute Gasteiger partial charge is 0.385 e. The molecule has 0 bridgehead atoms. The van der Waals surface area contributed by atoms with Crippen LogP contribution >= 0.6 is 0 Å². The van der Waals surface area contributed by atoms with E-state index in [1.54, 1.807) is 0 Å². The van der Waals surface area contributed by atoms with Gasteiger partial charge in [-0.05, 0) is 37.9 Å². The van der Waals surface area contributed by atoms with Gasteiger partial charge in [0.2, 0.25) is 0 Å². The molecule has 1 aliphatic rings. The highest BCUT2D eigenvalue weighted by atomic mass is 14.9. The van der Waals surface area contributed by atoms with E-state index < -0.39 is 0 Å². The molecule has 3 N–H and O–H groups in total. The maximum absolute atomic E-state index is 5.43. The van der Waals surface area contributed by atoms with Gasteiger partial charge in [0, 0.05) is 30.0 Å². The van der Waals surface area contributed by atoms with Crippen LogP contribution in [0.5, 0.6) is 0 Å². The standard InChI is InChI=1S/C11H17N3/c12-5-1-6-13-10-4-7-14-11(8-10)9-2-3-9/h4,7-9H,1-3,5-6,12H2,(H,13,14). The predicted molar refractivity (Wildman–Crippen MR) is 58.4 cm³/mol. The second-order valence-electron chi connectivity index (χ2n) is 3.81. The molecular weight excluding hydrogens is 174 g/mol. The summed E-state index contributed by atoms with van der Waals surface area (Å²) in [6.45, 7) is 1.69. The van der Waals surface area contributed by atoms with Crippen LogP contribution in [0.3, 0.4) is 0 Å². The van der Waals surface area contributed by atoms with E-state index >= 15 is 0 Å². The van der Waals surface area contributed by atoms with Gasteiger partial charge in [0.15, 0.2) is 0 Å².